The summed E-state index contributed by atoms with van der Waals surface area (Å²) in [6.45, 7) is 5.36. The number of hydrogen-bond acceptors (Lipinski definition) is 3. The number of halogens is 1. The molecular formula is C13H17FN4. The molecule has 2 aromatic heterocycles. The maximum absolute atomic E-state index is 12.9. The minimum Gasteiger partial charge on any atom is -0.308 e. The smallest absolute Gasteiger partial charge is 0.141 e. The summed E-state index contributed by atoms with van der Waals surface area (Å²) >= 11 is 0. The zero-order valence-electron chi connectivity index (χ0n) is 10.9. The van der Waals surface area contributed by atoms with E-state index in [0.717, 1.165) is 23.5 Å². The van der Waals surface area contributed by atoms with E-state index in [4.69, 9.17) is 0 Å². The van der Waals surface area contributed by atoms with Gasteiger partial charge in [-0.05, 0) is 25.5 Å². The molecule has 1 N–H and O–H groups in total. The van der Waals surface area contributed by atoms with Crippen molar-refractivity contribution < 1.29 is 4.39 Å². The third kappa shape index (κ3) is 2.73. The first-order valence-corrected chi connectivity index (χ1v) is 5.87. The standard InChI is InChI=1S/C13H17FN4/c1-9-13(10(2)18(3)17-9)8-16-6-11-4-12(14)7-15-5-11/h4-5,7,16H,6,8H2,1-3H3. The first-order chi connectivity index (χ1) is 8.58. The fourth-order valence-electron chi connectivity index (χ4n) is 1.96. The molecule has 0 spiro atoms. The molecule has 0 aliphatic carbocycles. The third-order valence-corrected chi connectivity index (χ3v) is 3.05. The molecule has 0 radical (unpaired) electrons. The van der Waals surface area contributed by atoms with Crippen LogP contribution in [0.4, 0.5) is 4.39 Å². The van der Waals surface area contributed by atoms with Crippen molar-refractivity contribution in [1.29, 1.82) is 0 Å². The maximum atomic E-state index is 12.9. The van der Waals surface area contributed by atoms with Gasteiger partial charge < -0.3 is 5.32 Å². The Balaban J connectivity index is 1.96. The maximum Gasteiger partial charge on any atom is 0.141 e. The molecule has 2 aromatic rings. The molecule has 0 aliphatic heterocycles. The van der Waals surface area contributed by atoms with Crippen LogP contribution in [-0.2, 0) is 20.1 Å². The second-order valence-electron chi connectivity index (χ2n) is 4.39. The van der Waals surface area contributed by atoms with E-state index in [1.807, 2.05) is 25.6 Å². The number of aromatic nitrogens is 3. The normalized spacial score (nSPS) is 10.9. The highest BCUT2D eigenvalue weighted by Crippen LogP contribution is 2.11. The molecule has 0 aliphatic rings. The van der Waals surface area contributed by atoms with E-state index in [1.165, 1.54) is 17.8 Å². The van der Waals surface area contributed by atoms with Crippen molar-refractivity contribution in [1.82, 2.24) is 20.1 Å². The largest absolute Gasteiger partial charge is 0.308 e. The van der Waals surface area contributed by atoms with Crippen LogP contribution in [-0.4, -0.2) is 14.8 Å². The van der Waals surface area contributed by atoms with E-state index < -0.39 is 0 Å². The van der Waals surface area contributed by atoms with Gasteiger partial charge in [0.15, 0.2) is 0 Å². The van der Waals surface area contributed by atoms with Crippen LogP contribution in [0.5, 0.6) is 0 Å². The van der Waals surface area contributed by atoms with Crippen molar-refractivity contribution in [2.45, 2.75) is 26.9 Å². The molecule has 18 heavy (non-hydrogen) atoms. The lowest BCUT2D eigenvalue weighted by molar-refractivity contribution is 0.612. The number of nitrogens with one attached hydrogen (secondary N) is 1. The average Bonchev–Trinajstić information content (AvgIpc) is 2.56. The molecule has 5 heteroatoms. The van der Waals surface area contributed by atoms with Gasteiger partial charge in [0.25, 0.3) is 0 Å². The number of nitrogens with zero attached hydrogens (tertiary/aromatic N) is 3. The quantitative estimate of drug-likeness (QED) is 0.898. The van der Waals surface area contributed by atoms with Crippen LogP contribution in [0.1, 0.15) is 22.5 Å². The van der Waals surface area contributed by atoms with Crippen molar-refractivity contribution >= 4 is 0 Å². The molecule has 0 amide bonds. The highest BCUT2D eigenvalue weighted by Gasteiger charge is 2.08. The molecular weight excluding hydrogens is 231 g/mol. The Labute approximate surface area is 106 Å². The van der Waals surface area contributed by atoms with E-state index in [0.29, 0.717) is 6.54 Å². The summed E-state index contributed by atoms with van der Waals surface area (Å²) < 4.78 is 14.8. The Kier molecular flexibility index (Phi) is 3.72. The number of aryl methyl sites for hydroxylation is 2. The van der Waals surface area contributed by atoms with Crippen molar-refractivity contribution in [2.75, 3.05) is 0 Å². The first kappa shape index (κ1) is 12.7. The Morgan fingerprint density at radius 3 is 2.67 bits per heavy atom. The zero-order chi connectivity index (χ0) is 13.1. The van der Waals surface area contributed by atoms with E-state index in [9.17, 15) is 4.39 Å². The van der Waals surface area contributed by atoms with Gasteiger partial charge in [0, 0.05) is 37.6 Å². The second kappa shape index (κ2) is 5.27. The highest BCUT2D eigenvalue weighted by atomic mass is 19.1. The van der Waals surface area contributed by atoms with Crippen molar-refractivity contribution in [3.8, 4) is 0 Å². The minimum absolute atomic E-state index is 0.303. The summed E-state index contributed by atoms with van der Waals surface area (Å²) in [4.78, 5) is 3.82. The SMILES string of the molecule is Cc1nn(C)c(C)c1CNCc1cncc(F)c1. The van der Waals surface area contributed by atoms with Gasteiger partial charge in [-0.2, -0.15) is 5.10 Å². The average molecular weight is 248 g/mol. The minimum atomic E-state index is -0.303. The van der Waals surface area contributed by atoms with Crippen LogP contribution in [0.2, 0.25) is 0 Å². The summed E-state index contributed by atoms with van der Waals surface area (Å²) in [5.41, 5.74) is 4.22. The van der Waals surface area contributed by atoms with Gasteiger partial charge in [-0.1, -0.05) is 0 Å². The van der Waals surface area contributed by atoms with E-state index >= 15 is 0 Å². The molecule has 2 rings (SSSR count). The van der Waals surface area contributed by atoms with Crippen LogP contribution < -0.4 is 5.32 Å². The number of hydrogen-bond donors (Lipinski definition) is 1. The summed E-state index contributed by atoms with van der Waals surface area (Å²) in [5.74, 6) is -0.303. The summed E-state index contributed by atoms with van der Waals surface area (Å²) in [6, 6.07) is 1.49. The fourth-order valence-corrected chi connectivity index (χ4v) is 1.96. The Morgan fingerprint density at radius 2 is 2.06 bits per heavy atom. The fraction of sp³-hybridized carbons (Fsp3) is 0.385. The van der Waals surface area contributed by atoms with Crippen molar-refractivity contribution in [3.05, 3.63) is 46.8 Å². The van der Waals surface area contributed by atoms with Crippen molar-refractivity contribution in [2.24, 2.45) is 7.05 Å². The van der Waals surface area contributed by atoms with Crippen LogP contribution in [0, 0.1) is 19.7 Å². The summed E-state index contributed by atoms with van der Waals surface area (Å²) in [5, 5.41) is 7.63. The third-order valence-electron chi connectivity index (χ3n) is 3.05. The molecule has 0 saturated carbocycles. The molecule has 0 saturated heterocycles. The lowest BCUT2D eigenvalue weighted by Crippen LogP contribution is -2.14. The number of rotatable bonds is 4. The van der Waals surface area contributed by atoms with E-state index in [2.05, 4.69) is 15.4 Å². The molecule has 96 valence electrons. The first-order valence-electron chi connectivity index (χ1n) is 5.87. The predicted octanol–water partition coefficient (Wildman–Crippen LogP) is 1.86. The lowest BCUT2D eigenvalue weighted by Gasteiger charge is -2.05. The van der Waals surface area contributed by atoms with Crippen molar-refractivity contribution in [3.63, 3.8) is 0 Å². The highest BCUT2D eigenvalue weighted by molar-refractivity contribution is 5.24. The summed E-state index contributed by atoms with van der Waals surface area (Å²) in [6.07, 6.45) is 2.87. The van der Waals surface area contributed by atoms with Crippen LogP contribution >= 0.6 is 0 Å². The molecule has 0 unspecified atom stereocenters. The molecule has 0 fully saturated rings. The Hall–Kier alpha value is -1.75. The van der Waals surface area contributed by atoms with Crippen LogP contribution in [0.3, 0.4) is 0 Å². The van der Waals surface area contributed by atoms with Gasteiger partial charge in [0.2, 0.25) is 0 Å². The molecule has 0 atom stereocenters. The van der Waals surface area contributed by atoms with Crippen LogP contribution in [0.25, 0.3) is 0 Å². The molecule has 4 nitrogen and oxygen atoms in total. The van der Waals surface area contributed by atoms with Crippen LogP contribution in [0.15, 0.2) is 18.5 Å². The van der Waals surface area contributed by atoms with Gasteiger partial charge in [-0.15, -0.1) is 0 Å². The van der Waals surface area contributed by atoms with Gasteiger partial charge in [-0.25, -0.2) is 4.39 Å². The molecule has 0 bridgehead atoms. The topological polar surface area (TPSA) is 42.7 Å². The van der Waals surface area contributed by atoms with E-state index in [-0.39, 0.29) is 5.82 Å². The van der Waals surface area contributed by atoms with Gasteiger partial charge in [-0.3, -0.25) is 9.67 Å². The summed E-state index contributed by atoms with van der Waals surface area (Å²) in [7, 11) is 1.93. The predicted molar refractivity (Wildman–Crippen MR) is 67.4 cm³/mol. The molecule has 2 heterocycles. The molecule has 0 aromatic carbocycles. The van der Waals surface area contributed by atoms with Gasteiger partial charge >= 0.3 is 0 Å². The monoisotopic (exact) mass is 248 g/mol. The Morgan fingerprint density at radius 1 is 1.28 bits per heavy atom. The zero-order valence-corrected chi connectivity index (χ0v) is 10.9. The lowest BCUT2D eigenvalue weighted by atomic mass is 10.2. The second-order valence-corrected chi connectivity index (χ2v) is 4.39. The van der Waals surface area contributed by atoms with E-state index in [1.54, 1.807) is 6.20 Å². The van der Waals surface area contributed by atoms with Gasteiger partial charge in [0.1, 0.15) is 5.82 Å². The number of pyridine rings is 1. The Bertz CT molecular complexity index is 548. The van der Waals surface area contributed by atoms with Gasteiger partial charge in [0.05, 0.1) is 11.9 Å².